The summed E-state index contributed by atoms with van der Waals surface area (Å²) in [6.45, 7) is 0. The molecule has 0 spiro atoms. The minimum atomic E-state index is -0.158. The van der Waals surface area contributed by atoms with Crippen LogP contribution in [0.15, 0.2) is 91.0 Å². The van der Waals surface area contributed by atoms with Crippen molar-refractivity contribution >= 4 is 21.8 Å². The molecular weight excluding hydrogens is 346 g/mol. The molecule has 0 saturated carbocycles. The molecule has 136 valence electrons. The molecule has 1 heterocycles. The summed E-state index contributed by atoms with van der Waals surface area (Å²) >= 11 is 0. The maximum Gasteiger partial charge on any atom is 0.125 e. The van der Waals surface area contributed by atoms with Crippen LogP contribution in [0.25, 0.3) is 21.8 Å². The second-order valence-corrected chi connectivity index (χ2v) is 6.74. The van der Waals surface area contributed by atoms with Crippen LogP contribution in [0, 0.1) is 0 Å². The fourth-order valence-corrected chi connectivity index (χ4v) is 3.88. The van der Waals surface area contributed by atoms with E-state index in [-0.39, 0.29) is 6.04 Å². The molecule has 0 saturated heterocycles. The van der Waals surface area contributed by atoms with Crippen molar-refractivity contribution in [2.75, 3.05) is 7.11 Å². The van der Waals surface area contributed by atoms with Crippen LogP contribution in [0.4, 0.5) is 0 Å². The third-order valence-corrected chi connectivity index (χ3v) is 5.16. The first-order valence-electron chi connectivity index (χ1n) is 9.27. The third-order valence-electron chi connectivity index (χ3n) is 5.16. The van der Waals surface area contributed by atoms with E-state index in [4.69, 9.17) is 4.74 Å². The van der Waals surface area contributed by atoms with Crippen molar-refractivity contribution in [3.8, 4) is 5.75 Å². The monoisotopic (exact) mass is 365 g/mol. The summed E-state index contributed by atoms with van der Waals surface area (Å²) in [6, 6.07) is 30.8. The van der Waals surface area contributed by atoms with Crippen LogP contribution >= 0.6 is 0 Å². The lowest BCUT2D eigenvalue weighted by molar-refractivity contribution is 0.404. The van der Waals surface area contributed by atoms with Gasteiger partial charge in [-0.2, -0.15) is 0 Å². The largest absolute Gasteiger partial charge is 0.496 e. The van der Waals surface area contributed by atoms with E-state index in [9.17, 15) is 0 Å². The number of nitrogens with zero attached hydrogens (tertiary/aromatic N) is 3. The van der Waals surface area contributed by atoms with Gasteiger partial charge in [0.15, 0.2) is 0 Å². The number of benzene rings is 4. The van der Waals surface area contributed by atoms with Crippen LogP contribution in [0.2, 0.25) is 0 Å². The zero-order valence-corrected chi connectivity index (χ0v) is 15.5. The van der Waals surface area contributed by atoms with Crippen LogP contribution in [-0.2, 0) is 0 Å². The maximum absolute atomic E-state index is 5.80. The highest BCUT2D eigenvalue weighted by molar-refractivity contribution is 5.89. The molecule has 5 aromatic rings. The number of ether oxygens (including phenoxy) is 1. The molecule has 1 unspecified atom stereocenters. The molecule has 28 heavy (non-hydrogen) atoms. The maximum atomic E-state index is 5.80. The fourth-order valence-electron chi connectivity index (χ4n) is 3.88. The number of methoxy groups -OCH3 is 1. The summed E-state index contributed by atoms with van der Waals surface area (Å²) in [4.78, 5) is 0. The summed E-state index contributed by atoms with van der Waals surface area (Å²) in [5, 5.41) is 11.3. The summed E-state index contributed by atoms with van der Waals surface area (Å²) in [5.74, 6) is 0.840. The first-order valence-corrected chi connectivity index (χ1v) is 9.27. The zero-order valence-electron chi connectivity index (χ0n) is 15.5. The smallest absolute Gasteiger partial charge is 0.125 e. The van der Waals surface area contributed by atoms with E-state index in [2.05, 4.69) is 71.0 Å². The Hall–Kier alpha value is -3.66. The molecule has 0 amide bonds. The SMILES string of the molecule is COc1ccc2ccccc2c1C(c1ccccc1)n1nnc2ccccc21. The van der Waals surface area contributed by atoms with E-state index in [1.807, 2.05) is 35.0 Å². The molecule has 0 aliphatic carbocycles. The Morgan fingerprint density at radius 1 is 0.786 bits per heavy atom. The molecule has 0 fully saturated rings. The first-order chi connectivity index (χ1) is 13.9. The topological polar surface area (TPSA) is 39.9 Å². The van der Waals surface area contributed by atoms with Crippen molar-refractivity contribution in [2.45, 2.75) is 6.04 Å². The van der Waals surface area contributed by atoms with E-state index in [1.54, 1.807) is 7.11 Å². The van der Waals surface area contributed by atoms with Crippen molar-refractivity contribution < 1.29 is 4.74 Å². The normalized spacial score (nSPS) is 12.3. The Kier molecular flexibility index (Phi) is 4.02. The van der Waals surface area contributed by atoms with Crippen LogP contribution in [0.3, 0.4) is 0 Å². The molecule has 0 aliphatic heterocycles. The highest BCUT2D eigenvalue weighted by Gasteiger charge is 2.25. The van der Waals surface area contributed by atoms with Gasteiger partial charge in [0.2, 0.25) is 0 Å². The quantitative estimate of drug-likeness (QED) is 0.438. The Morgan fingerprint density at radius 3 is 2.39 bits per heavy atom. The van der Waals surface area contributed by atoms with Gasteiger partial charge in [0, 0.05) is 5.56 Å². The van der Waals surface area contributed by atoms with Gasteiger partial charge in [-0.05, 0) is 34.5 Å². The minimum absolute atomic E-state index is 0.158. The van der Waals surface area contributed by atoms with E-state index in [0.717, 1.165) is 33.3 Å². The van der Waals surface area contributed by atoms with Crippen LogP contribution in [0.5, 0.6) is 5.75 Å². The van der Waals surface area contributed by atoms with Gasteiger partial charge in [-0.3, -0.25) is 0 Å². The lowest BCUT2D eigenvalue weighted by Gasteiger charge is -2.23. The molecule has 0 bridgehead atoms. The molecule has 4 heteroatoms. The number of fused-ring (bicyclic) bond motifs is 2. The van der Waals surface area contributed by atoms with Gasteiger partial charge in [-0.1, -0.05) is 78.0 Å². The standard InChI is InChI=1S/C24H19N3O/c1-28-22-16-15-17-9-5-6-12-19(17)23(22)24(18-10-3-2-4-11-18)27-21-14-8-7-13-20(21)25-26-27/h2-16,24H,1H3. The predicted octanol–water partition coefficient (Wildman–Crippen LogP) is 5.23. The van der Waals surface area contributed by atoms with Crippen LogP contribution in [0.1, 0.15) is 17.2 Å². The molecule has 4 aromatic carbocycles. The number of rotatable bonds is 4. The van der Waals surface area contributed by atoms with Crippen molar-refractivity contribution in [3.05, 3.63) is 102 Å². The van der Waals surface area contributed by atoms with Gasteiger partial charge >= 0.3 is 0 Å². The molecule has 1 aromatic heterocycles. The van der Waals surface area contributed by atoms with Gasteiger partial charge in [0.1, 0.15) is 17.3 Å². The van der Waals surface area contributed by atoms with Crippen molar-refractivity contribution in [1.82, 2.24) is 15.0 Å². The predicted molar refractivity (Wildman–Crippen MR) is 112 cm³/mol. The summed E-state index contributed by atoms with van der Waals surface area (Å²) < 4.78 is 7.80. The number of hydrogen-bond acceptors (Lipinski definition) is 3. The minimum Gasteiger partial charge on any atom is -0.496 e. The van der Waals surface area contributed by atoms with Gasteiger partial charge in [-0.15, -0.1) is 5.10 Å². The van der Waals surface area contributed by atoms with E-state index in [0.29, 0.717) is 0 Å². The molecule has 1 atom stereocenters. The Labute approximate surface area is 163 Å². The molecule has 5 rings (SSSR count). The third kappa shape index (κ3) is 2.62. The number of para-hydroxylation sites is 1. The van der Waals surface area contributed by atoms with Crippen molar-refractivity contribution in [1.29, 1.82) is 0 Å². The van der Waals surface area contributed by atoms with E-state index in [1.165, 1.54) is 5.39 Å². The van der Waals surface area contributed by atoms with E-state index < -0.39 is 0 Å². The second-order valence-electron chi connectivity index (χ2n) is 6.74. The van der Waals surface area contributed by atoms with Gasteiger partial charge in [-0.25, -0.2) is 4.68 Å². The molecule has 0 aliphatic rings. The van der Waals surface area contributed by atoms with Gasteiger partial charge < -0.3 is 4.74 Å². The number of hydrogen-bond donors (Lipinski definition) is 0. The highest BCUT2D eigenvalue weighted by atomic mass is 16.5. The van der Waals surface area contributed by atoms with Gasteiger partial charge in [0.05, 0.1) is 12.6 Å². The summed E-state index contributed by atoms with van der Waals surface area (Å²) in [7, 11) is 1.72. The van der Waals surface area contributed by atoms with E-state index >= 15 is 0 Å². The average Bonchev–Trinajstić information content (AvgIpc) is 3.19. The Balaban J connectivity index is 1.88. The molecule has 0 radical (unpaired) electrons. The zero-order chi connectivity index (χ0) is 18.9. The van der Waals surface area contributed by atoms with Crippen molar-refractivity contribution in [2.24, 2.45) is 0 Å². The lowest BCUT2D eigenvalue weighted by atomic mass is 9.92. The first kappa shape index (κ1) is 16.5. The fraction of sp³-hybridized carbons (Fsp3) is 0.0833. The Morgan fingerprint density at radius 2 is 1.54 bits per heavy atom. The summed E-state index contributed by atoms with van der Waals surface area (Å²) in [5.41, 5.74) is 4.09. The number of aromatic nitrogens is 3. The van der Waals surface area contributed by atoms with Crippen LogP contribution < -0.4 is 4.74 Å². The second kappa shape index (κ2) is 6.82. The molecule has 4 nitrogen and oxygen atoms in total. The average molecular weight is 365 g/mol. The van der Waals surface area contributed by atoms with Crippen LogP contribution in [-0.4, -0.2) is 22.1 Å². The lowest BCUT2D eigenvalue weighted by Crippen LogP contribution is -2.15. The Bertz CT molecular complexity index is 1260. The van der Waals surface area contributed by atoms with Gasteiger partial charge in [0.25, 0.3) is 0 Å². The molecule has 0 N–H and O–H groups in total. The molecular formula is C24H19N3O. The van der Waals surface area contributed by atoms with Crippen molar-refractivity contribution in [3.63, 3.8) is 0 Å². The highest BCUT2D eigenvalue weighted by Crippen LogP contribution is 2.39. The summed E-state index contributed by atoms with van der Waals surface area (Å²) in [6.07, 6.45) is 0.